The van der Waals surface area contributed by atoms with Crippen LogP contribution >= 0.6 is 36.0 Å². The number of urea groups is 1. The molecule has 0 N–H and O–H groups in total. The molecule has 0 bridgehead atoms. The molecule has 1 aromatic rings. The van der Waals surface area contributed by atoms with Crippen LogP contribution in [0.25, 0.3) is 0 Å². The minimum Gasteiger partial charge on any atom is -0.292 e. The van der Waals surface area contributed by atoms with Gasteiger partial charge < -0.3 is 0 Å². The highest BCUT2D eigenvalue weighted by molar-refractivity contribution is 7.99. The van der Waals surface area contributed by atoms with Gasteiger partial charge in [-0.3, -0.25) is 9.21 Å². The first kappa shape index (κ1) is 14.5. The van der Waals surface area contributed by atoms with Crippen LogP contribution in [0.2, 0.25) is 0 Å². The lowest BCUT2D eigenvalue weighted by Gasteiger charge is -2.17. The van der Waals surface area contributed by atoms with Crippen LogP contribution in [0.15, 0.2) is 30.3 Å². The summed E-state index contributed by atoms with van der Waals surface area (Å²) in [6.07, 6.45) is 0. The molecule has 1 fully saturated rings. The summed E-state index contributed by atoms with van der Waals surface area (Å²) in [6.45, 7) is 3.19. The second kappa shape index (κ2) is 6.38. The Morgan fingerprint density at radius 3 is 2.53 bits per heavy atom. The molecule has 2 amide bonds. The highest BCUT2D eigenvalue weighted by Gasteiger charge is 2.36. The number of carbonyl (C=O) groups is 1. The van der Waals surface area contributed by atoms with Crippen LogP contribution in [0.5, 0.6) is 0 Å². The van der Waals surface area contributed by atoms with Gasteiger partial charge in [0.1, 0.15) is 0 Å². The van der Waals surface area contributed by atoms with Crippen molar-refractivity contribution in [2.75, 3.05) is 6.54 Å². The number of benzene rings is 1. The number of hydrogen-bond acceptors (Lipinski definition) is 2. The first-order valence-corrected chi connectivity index (χ1v) is 6.42. The van der Waals surface area contributed by atoms with Crippen molar-refractivity contribution >= 4 is 42.0 Å². The molecule has 0 aliphatic carbocycles. The summed E-state index contributed by atoms with van der Waals surface area (Å²) < 4.78 is 1.68. The van der Waals surface area contributed by atoms with Crippen LogP contribution in [0.1, 0.15) is 12.5 Å². The average Bonchev–Trinajstić information content (AvgIpc) is 2.58. The van der Waals surface area contributed by atoms with Crippen molar-refractivity contribution < 1.29 is 4.79 Å². The van der Waals surface area contributed by atoms with Gasteiger partial charge in [-0.25, -0.2) is 4.79 Å². The second-order valence-electron chi connectivity index (χ2n) is 3.49. The second-order valence-corrected chi connectivity index (χ2v) is 5.26. The van der Waals surface area contributed by atoms with Gasteiger partial charge in [-0.05, 0) is 24.4 Å². The van der Waals surface area contributed by atoms with Crippen molar-refractivity contribution in [3.05, 3.63) is 35.9 Å². The van der Waals surface area contributed by atoms with Crippen molar-refractivity contribution in [2.45, 2.75) is 18.3 Å². The molecule has 1 unspecified atom stereocenters. The number of carbonyl (C=O) groups excluding carboxylic acids is 1. The molecule has 1 atom stereocenters. The SMILES string of the molecule is CCN1SC(Cl)N(Cc2ccccc2)C1=O.Cl. The van der Waals surface area contributed by atoms with Crippen LogP contribution in [-0.2, 0) is 6.54 Å². The fraction of sp³-hybridized carbons (Fsp3) is 0.364. The topological polar surface area (TPSA) is 23.6 Å². The molecule has 0 aromatic heterocycles. The van der Waals surface area contributed by atoms with Gasteiger partial charge in [0.15, 0.2) is 4.83 Å². The van der Waals surface area contributed by atoms with Crippen LogP contribution in [0.3, 0.4) is 0 Å². The maximum absolute atomic E-state index is 11.9. The van der Waals surface area contributed by atoms with Crippen molar-refractivity contribution in [3.8, 4) is 0 Å². The molecule has 0 spiro atoms. The Hall–Kier alpha value is -0.580. The zero-order valence-corrected chi connectivity index (χ0v) is 11.8. The van der Waals surface area contributed by atoms with Gasteiger partial charge >= 0.3 is 6.03 Å². The number of alkyl halides is 1. The molecule has 2 rings (SSSR count). The van der Waals surface area contributed by atoms with Gasteiger partial charge in [-0.1, -0.05) is 41.9 Å². The van der Waals surface area contributed by atoms with E-state index >= 15 is 0 Å². The smallest absolute Gasteiger partial charge is 0.292 e. The molecule has 0 saturated carbocycles. The van der Waals surface area contributed by atoms with E-state index in [0.717, 1.165) is 5.56 Å². The Kier molecular flexibility index (Phi) is 5.43. The summed E-state index contributed by atoms with van der Waals surface area (Å²) in [7, 11) is 0. The largest absolute Gasteiger partial charge is 0.332 e. The average molecular weight is 293 g/mol. The maximum atomic E-state index is 11.9. The minimum absolute atomic E-state index is 0. The molecule has 3 nitrogen and oxygen atoms in total. The monoisotopic (exact) mass is 292 g/mol. The molecule has 17 heavy (non-hydrogen) atoms. The normalized spacial score (nSPS) is 19.4. The summed E-state index contributed by atoms with van der Waals surface area (Å²) in [6, 6.07) is 9.87. The van der Waals surface area contributed by atoms with Crippen LogP contribution in [0.4, 0.5) is 4.79 Å². The van der Waals surface area contributed by atoms with Gasteiger partial charge in [0.25, 0.3) is 0 Å². The molecular weight excluding hydrogens is 279 g/mol. The molecule has 1 heterocycles. The number of hydrogen-bond donors (Lipinski definition) is 0. The van der Waals surface area contributed by atoms with Gasteiger partial charge in [-0.2, -0.15) is 0 Å². The summed E-state index contributed by atoms with van der Waals surface area (Å²) >= 11 is 7.50. The molecule has 1 aliphatic rings. The van der Waals surface area contributed by atoms with E-state index in [0.29, 0.717) is 13.1 Å². The Morgan fingerprint density at radius 1 is 1.35 bits per heavy atom. The van der Waals surface area contributed by atoms with E-state index < -0.39 is 0 Å². The van der Waals surface area contributed by atoms with E-state index in [-0.39, 0.29) is 23.3 Å². The predicted octanol–water partition coefficient (Wildman–Crippen LogP) is 3.54. The third kappa shape index (κ3) is 3.21. The van der Waals surface area contributed by atoms with E-state index in [1.807, 2.05) is 37.3 Å². The zero-order valence-electron chi connectivity index (χ0n) is 9.38. The third-order valence-corrected chi connectivity index (χ3v) is 3.97. The van der Waals surface area contributed by atoms with Crippen LogP contribution in [0, 0.1) is 0 Å². The van der Waals surface area contributed by atoms with Gasteiger partial charge in [0.05, 0.1) is 0 Å². The van der Waals surface area contributed by atoms with Crippen molar-refractivity contribution in [2.24, 2.45) is 0 Å². The quantitative estimate of drug-likeness (QED) is 0.483. The Morgan fingerprint density at radius 2 is 2.00 bits per heavy atom. The van der Waals surface area contributed by atoms with Gasteiger partial charge in [0.2, 0.25) is 0 Å². The first-order valence-electron chi connectivity index (χ1n) is 5.15. The fourth-order valence-corrected chi connectivity index (χ4v) is 2.84. The summed E-state index contributed by atoms with van der Waals surface area (Å²) in [5.41, 5.74) is 1.10. The molecule has 1 saturated heterocycles. The molecule has 6 heteroatoms. The molecule has 1 aliphatic heterocycles. The van der Waals surface area contributed by atoms with Crippen LogP contribution < -0.4 is 0 Å². The van der Waals surface area contributed by atoms with Crippen molar-refractivity contribution in [1.82, 2.24) is 9.21 Å². The molecule has 0 radical (unpaired) electrons. The lowest BCUT2D eigenvalue weighted by molar-refractivity contribution is 0.193. The number of rotatable bonds is 3. The highest BCUT2D eigenvalue weighted by Crippen LogP contribution is 2.34. The first-order chi connectivity index (χ1) is 7.72. The van der Waals surface area contributed by atoms with E-state index in [4.69, 9.17) is 11.6 Å². The van der Waals surface area contributed by atoms with Gasteiger partial charge in [-0.15, -0.1) is 12.4 Å². The van der Waals surface area contributed by atoms with E-state index in [1.54, 1.807) is 9.21 Å². The number of amides is 2. The lowest BCUT2D eigenvalue weighted by Crippen LogP contribution is -2.32. The van der Waals surface area contributed by atoms with E-state index in [2.05, 4.69) is 0 Å². The van der Waals surface area contributed by atoms with Crippen molar-refractivity contribution in [1.29, 1.82) is 0 Å². The van der Waals surface area contributed by atoms with Crippen molar-refractivity contribution in [3.63, 3.8) is 0 Å². The standard InChI is InChI=1S/C11H13ClN2OS.ClH/c1-2-14-11(15)13(10(12)16-14)8-9-6-4-3-5-7-9;/h3-7,10H,2,8H2,1H3;1H. The third-order valence-electron chi connectivity index (χ3n) is 2.40. The fourth-order valence-electron chi connectivity index (χ4n) is 1.57. The summed E-state index contributed by atoms with van der Waals surface area (Å²) in [5.74, 6) is 0. The van der Waals surface area contributed by atoms with E-state index in [9.17, 15) is 4.79 Å². The Balaban J connectivity index is 0.00000144. The Labute approximate surface area is 117 Å². The van der Waals surface area contributed by atoms with Gasteiger partial charge in [0, 0.05) is 13.1 Å². The predicted molar refractivity (Wildman–Crippen MR) is 74.2 cm³/mol. The molecular formula is C11H14Cl2N2OS. The minimum atomic E-state index is -0.298. The van der Waals surface area contributed by atoms with Crippen LogP contribution in [-0.4, -0.2) is 26.6 Å². The summed E-state index contributed by atoms with van der Waals surface area (Å²) in [5, 5.41) is 0. The summed E-state index contributed by atoms with van der Waals surface area (Å²) in [4.78, 5) is 13.3. The molecule has 1 aromatic carbocycles. The van der Waals surface area contributed by atoms with E-state index in [1.165, 1.54) is 11.9 Å². The zero-order chi connectivity index (χ0) is 11.5. The number of nitrogens with zero attached hydrogens (tertiary/aromatic N) is 2. The highest BCUT2D eigenvalue weighted by atomic mass is 35.5. The lowest BCUT2D eigenvalue weighted by atomic mass is 10.2. The molecule has 94 valence electrons. The maximum Gasteiger partial charge on any atom is 0.332 e. The number of halogens is 2. The Bertz CT molecular complexity index is 377.